The van der Waals surface area contributed by atoms with E-state index in [-0.39, 0.29) is 30.6 Å². The van der Waals surface area contributed by atoms with Crippen molar-refractivity contribution in [3.63, 3.8) is 0 Å². The van der Waals surface area contributed by atoms with E-state index in [1.165, 1.54) is 12.1 Å². The molecule has 144 valence electrons. The van der Waals surface area contributed by atoms with Gasteiger partial charge in [0.1, 0.15) is 5.82 Å². The van der Waals surface area contributed by atoms with Crippen molar-refractivity contribution in [1.29, 1.82) is 0 Å². The molecule has 0 saturated heterocycles. The molecule has 3 rings (SSSR count). The van der Waals surface area contributed by atoms with Crippen LogP contribution in [-0.4, -0.2) is 29.8 Å². The van der Waals surface area contributed by atoms with Crippen molar-refractivity contribution in [2.24, 2.45) is 0 Å². The zero-order valence-electron chi connectivity index (χ0n) is 15.8. The first-order chi connectivity index (χ1) is 13.6. The van der Waals surface area contributed by atoms with Gasteiger partial charge in [-0.2, -0.15) is 0 Å². The average Bonchev–Trinajstić information content (AvgIpc) is 2.71. The summed E-state index contributed by atoms with van der Waals surface area (Å²) in [7, 11) is 0. The van der Waals surface area contributed by atoms with Crippen molar-refractivity contribution >= 4 is 22.6 Å². The number of carbonyl (C=O) groups excluding carboxylic acids is 2. The summed E-state index contributed by atoms with van der Waals surface area (Å²) in [5, 5.41) is 4.87. The van der Waals surface area contributed by atoms with Gasteiger partial charge in [-0.3, -0.25) is 9.59 Å². The number of nitrogens with one attached hydrogen (secondary N) is 1. The van der Waals surface area contributed by atoms with E-state index in [1.807, 2.05) is 43.3 Å². The maximum Gasteiger partial charge on any atom is 0.251 e. The Bertz CT molecular complexity index is 987. The second-order valence-corrected chi connectivity index (χ2v) is 6.61. The highest BCUT2D eigenvalue weighted by molar-refractivity contribution is 5.98. The topological polar surface area (TPSA) is 49.4 Å². The lowest BCUT2D eigenvalue weighted by Gasteiger charge is -2.21. The summed E-state index contributed by atoms with van der Waals surface area (Å²) in [6.45, 7) is 3.01. The molecule has 5 heteroatoms. The number of nitrogens with zero attached hydrogens (tertiary/aromatic N) is 1. The first kappa shape index (κ1) is 19.5. The Labute approximate surface area is 164 Å². The third-order valence-electron chi connectivity index (χ3n) is 4.63. The van der Waals surface area contributed by atoms with E-state index in [0.29, 0.717) is 18.7 Å². The van der Waals surface area contributed by atoms with Crippen LogP contribution in [0, 0.1) is 5.82 Å². The van der Waals surface area contributed by atoms with E-state index in [2.05, 4.69) is 5.32 Å². The summed E-state index contributed by atoms with van der Waals surface area (Å²) in [6.07, 6.45) is 0.197. The third-order valence-corrected chi connectivity index (χ3v) is 4.63. The van der Waals surface area contributed by atoms with Gasteiger partial charge in [0.15, 0.2) is 0 Å². The maximum atomic E-state index is 13.3. The Balaban J connectivity index is 1.53. The fraction of sp³-hybridized carbons (Fsp3) is 0.217. The summed E-state index contributed by atoms with van der Waals surface area (Å²) in [5.74, 6) is -0.596. The van der Waals surface area contributed by atoms with Gasteiger partial charge in [-0.1, -0.05) is 42.5 Å². The van der Waals surface area contributed by atoms with Crippen LogP contribution in [0.4, 0.5) is 4.39 Å². The van der Waals surface area contributed by atoms with E-state index in [9.17, 15) is 14.0 Å². The van der Waals surface area contributed by atoms with Crippen molar-refractivity contribution in [3.8, 4) is 0 Å². The van der Waals surface area contributed by atoms with Crippen LogP contribution in [0.2, 0.25) is 0 Å². The molecule has 0 unspecified atom stereocenters. The lowest BCUT2D eigenvalue weighted by molar-refractivity contribution is -0.131. The van der Waals surface area contributed by atoms with Gasteiger partial charge in [-0.25, -0.2) is 4.39 Å². The smallest absolute Gasteiger partial charge is 0.251 e. The van der Waals surface area contributed by atoms with E-state index in [0.717, 1.165) is 16.3 Å². The SMILES string of the molecule is CCN(Cc1cccc(F)c1)C(=O)CCNC(=O)c1ccc2ccccc2c1. The predicted molar refractivity (Wildman–Crippen MR) is 108 cm³/mol. The van der Waals surface area contributed by atoms with Gasteiger partial charge in [0.05, 0.1) is 0 Å². The van der Waals surface area contributed by atoms with Gasteiger partial charge >= 0.3 is 0 Å². The second kappa shape index (κ2) is 9.13. The Morgan fingerprint density at radius 1 is 0.964 bits per heavy atom. The minimum absolute atomic E-state index is 0.0782. The lowest BCUT2D eigenvalue weighted by Crippen LogP contribution is -2.34. The van der Waals surface area contributed by atoms with Gasteiger partial charge in [0, 0.05) is 31.6 Å². The van der Waals surface area contributed by atoms with Gasteiger partial charge < -0.3 is 10.2 Å². The Hall–Kier alpha value is -3.21. The summed E-state index contributed by atoms with van der Waals surface area (Å²) in [5.41, 5.74) is 1.31. The highest BCUT2D eigenvalue weighted by atomic mass is 19.1. The molecular formula is C23H23FN2O2. The maximum absolute atomic E-state index is 13.3. The van der Waals surface area contributed by atoms with Gasteiger partial charge in [0.25, 0.3) is 5.91 Å². The van der Waals surface area contributed by atoms with Crippen molar-refractivity contribution in [3.05, 3.63) is 83.7 Å². The zero-order chi connectivity index (χ0) is 19.9. The number of carbonyl (C=O) groups is 2. The van der Waals surface area contributed by atoms with Crippen molar-refractivity contribution in [2.45, 2.75) is 19.9 Å². The minimum Gasteiger partial charge on any atom is -0.352 e. The number of hydrogen-bond donors (Lipinski definition) is 1. The number of benzene rings is 3. The van der Waals surface area contributed by atoms with Gasteiger partial charge in [-0.05, 0) is 47.5 Å². The number of rotatable bonds is 7. The van der Waals surface area contributed by atoms with Crippen LogP contribution in [0.1, 0.15) is 29.3 Å². The first-order valence-electron chi connectivity index (χ1n) is 9.36. The van der Waals surface area contributed by atoms with Crippen LogP contribution in [0.5, 0.6) is 0 Å². The molecule has 2 amide bonds. The van der Waals surface area contributed by atoms with E-state index in [1.54, 1.807) is 23.1 Å². The molecule has 0 bridgehead atoms. The van der Waals surface area contributed by atoms with E-state index >= 15 is 0 Å². The monoisotopic (exact) mass is 378 g/mol. The van der Waals surface area contributed by atoms with E-state index in [4.69, 9.17) is 0 Å². The molecule has 0 radical (unpaired) electrons. The van der Waals surface area contributed by atoms with Crippen LogP contribution < -0.4 is 5.32 Å². The van der Waals surface area contributed by atoms with Gasteiger partial charge in [0.2, 0.25) is 5.91 Å². The normalized spacial score (nSPS) is 10.6. The number of amides is 2. The molecule has 0 aromatic heterocycles. The molecule has 0 atom stereocenters. The highest BCUT2D eigenvalue weighted by Gasteiger charge is 2.13. The molecule has 0 aliphatic carbocycles. The summed E-state index contributed by atoms with van der Waals surface area (Å²) < 4.78 is 13.3. The van der Waals surface area contributed by atoms with Crippen LogP contribution in [0.15, 0.2) is 66.7 Å². The zero-order valence-corrected chi connectivity index (χ0v) is 15.8. The second-order valence-electron chi connectivity index (χ2n) is 6.61. The summed E-state index contributed by atoms with van der Waals surface area (Å²) in [4.78, 5) is 26.4. The van der Waals surface area contributed by atoms with Crippen LogP contribution in [0.25, 0.3) is 10.8 Å². The standard InChI is InChI=1S/C23H23FN2O2/c1-2-26(16-17-6-5-9-21(24)14-17)22(27)12-13-25-23(28)20-11-10-18-7-3-4-8-19(18)15-20/h3-11,14-15H,2,12-13,16H2,1H3,(H,25,28). The largest absolute Gasteiger partial charge is 0.352 e. The molecule has 3 aromatic carbocycles. The molecule has 0 heterocycles. The molecule has 0 saturated carbocycles. The van der Waals surface area contributed by atoms with Crippen LogP contribution in [0.3, 0.4) is 0 Å². The number of fused-ring (bicyclic) bond motifs is 1. The lowest BCUT2D eigenvalue weighted by atomic mass is 10.1. The summed E-state index contributed by atoms with van der Waals surface area (Å²) >= 11 is 0. The molecule has 0 aliphatic rings. The third kappa shape index (κ3) is 4.94. The Morgan fingerprint density at radius 2 is 1.75 bits per heavy atom. The number of halogens is 1. The van der Waals surface area contributed by atoms with Crippen molar-refractivity contribution < 1.29 is 14.0 Å². The molecule has 4 nitrogen and oxygen atoms in total. The molecule has 1 N–H and O–H groups in total. The predicted octanol–water partition coefficient (Wildman–Crippen LogP) is 4.15. The highest BCUT2D eigenvalue weighted by Crippen LogP contribution is 2.15. The average molecular weight is 378 g/mol. The Kier molecular flexibility index (Phi) is 6.37. The van der Waals surface area contributed by atoms with Crippen LogP contribution >= 0.6 is 0 Å². The molecule has 28 heavy (non-hydrogen) atoms. The fourth-order valence-electron chi connectivity index (χ4n) is 3.11. The molecule has 0 aliphatic heterocycles. The number of hydrogen-bond acceptors (Lipinski definition) is 2. The van der Waals surface area contributed by atoms with Crippen molar-refractivity contribution in [2.75, 3.05) is 13.1 Å². The Morgan fingerprint density at radius 3 is 2.50 bits per heavy atom. The molecule has 3 aromatic rings. The first-order valence-corrected chi connectivity index (χ1v) is 9.36. The molecular weight excluding hydrogens is 355 g/mol. The van der Waals surface area contributed by atoms with Gasteiger partial charge in [-0.15, -0.1) is 0 Å². The summed E-state index contributed by atoms with van der Waals surface area (Å²) in [6, 6.07) is 19.6. The van der Waals surface area contributed by atoms with Crippen molar-refractivity contribution in [1.82, 2.24) is 10.2 Å². The minimum atomic E-state index is -0.316. The van der Waals surface area contributed by atoms with Crippen LogP contribution in [-0.2, 0) is 11.3 Å². The quantitative estimate of drug-likeness (QED) is 0.672. The molecule has 0 spiro atoms. The molecule has 0 fully saturated rings. The fourth-order valence-corrected chi connectivity index (χ4v) is 3.11. The van der Waals surface area contributed by atoms with E-state index < -0.39 is 0 Å².